The van der Waals surface area contributed by atoms with E-state index >= 15 is 0 Å². The van der Waals surface area contributed by atoms with Crippen LogP contribution in [-0.4, -0.2) is 19.6 Å². The topological polar surface area (TPSA) is 38.3 Å². The average molecular weight is 332 g/mol. The molecule has 3 nitrogen and oxygen atoms in total. The van der Waals surface area contributed by atoms with Crippen molar-refractivity contribution in [3.8, 4) is 5.75 Å². The van der Waals surface area contributed by atoms with Crippen LogP contribution in [0, 0.1) is 30.6 Å². The second-order valence-electron chi connectivity index (χ2n) is 7.79. The fourth-order valence-electron chi connectivity index (χ4n) is 4.06. The van der Waals surface area contributed by atoms with Gasteiger partial charge in [-0.05, 0) is 55.6 Å². The van der Waals surface area contributed by atoms with Gasteiger partial charge in [-0.15, -0.1) is 0 Å². The lowest BCUT2D eigenvalue weighted by Gasteiger charge is -2.36. The van der Waals surface area contributed by atoms with Gasteiger partial charge in [0.15, 0.2) is 0 Å². The molecule has 1 fully saturated rings. The molecule has 1 aliphatic rings. The highest BCUT2D eigenvalue weighted by Crippen LogP contribution is 2.38. The third kappa shape index (κ3) is 4.75. The Hall–Kier alpha value is -1.51. The lowest BCUT2D eigenvalue weighted by atomic mass is 9.70. The van der Waals surface area contributed by atoms with Crippen LogP contribution in [0.4, 0.5) is 0 Å². The smallest absolute Gasteiger partial charge is 0.223 e. The fourth-order valence-corrected chi connectivity index (χ4v) is 4.06. The molecular weight excluding hydrogens is 298 g/mol. The first kappa shape index (κ1) is 18.8. The Morgan fingerprint density at radius 1 is 1.33 bits per heavy atom. The van der Waals surface area contributed by atoms with Crippen molar-refractivity contribution in [2.45, 2.75) is 53.4 Å². The molecule has 3 heteroatoms. The van der Waals surface area contributed by atoms with Gasteiger partial charge >= 0.3 is 0 Å². The minimum atomic E-state index is 0.174. The van der Waals surface area contributed by atoms with E-state index in [4.69, 9.17) is 4.74 Å². The summed E-state index contributed by atoms with van der Waals surface area (Å²) in [6.45, 7) is 9.53. The van der Waals surface area contributed by atoms with E-state index in [9.17, 15) is 4.79 Å². The predicted molar refractivity (Wildman–Crippen MR) is 99.3 cm³/mol. The maximum Gasteiger partial charge on any atom is 0.223 e. The van der Waals surface area contributed by atoms with E-state index in [2.05, 4.69) is 45.1 Å². The molecule has 24 heavy (non-hydrogen) atoms. The van der Waals surface area contributed by atoms with Gasteiger partial charge < -0.3 is 10.1 Å². The van der Waals surface area contributed by atoms with Crippen molar-refractivity contribution in [2.75, 3.05) is 13.7 Å². The number of aryl methyl sites for hydroxylation is 1. The molecule has 1 amide bonds. The standard InChI is InChI=1S/C21H33NO2/c1-14(2)18-8-6-16(4)13-19(18)21(23)22-11-10-17-12-15(3)7-9-20(17)24-5/h7,9,12,14,16,18-19H,6,8,10-11,13H2,1-5H3,(H,22,23)/t16-,18+,19-/m1/s1. The first-order valence-electron chi connectivity index (χ1n) is 9.33. The van der Waals surface area contributed by atoms with E-state index < -0.39 is 0 Å². The molecule has 3 atom stereocenters. The molecule has 0 spiro atoms. The van der Waals surface area contributed by atoms with E-state index in [1.165, 1.54) is 18.4 Å². The fraction of sp³-hybridized carbons (Fsp3) is 0.667. The van der Waals surface area contributed by atoms with E-state index in [-0.39, 0.29) is 11.8 Å². The van der Waals surface area contributed by atoms with Crippen molar-refractivity contribution in [3.63, 3.8) is 0 Å². The van der Waals surface area contributed by atoms with Crippen LogP contribution in [0.25, 0.3) is 0 Å². The Morgan fingerprint density at radius 2 is 2.08 bits per heavy atom. The van der Waals surface area contributed by atoms with E-state index in [1.807, 2.05) is 6.07 Å². The van der Waals surface area contributed by atoms with Crippen molar-refractivity contribution >= 4 is 5.91 Å². The van der Waals surface area contributed by atoms with Crippen molar-refractivity contribution in [1.82, 2.24) is 5.32 Å². The summed E-state index contributed by atoms with van der Waals surface area (Å²) in [5.74, 6) is 3.08. The Morgan fingerprint density at radius 3 is 2.75 bits per heavy atom. The Balaban J connectivity index is 1.93. The van der Waals surface area contributed by atoms with Crippen molar-refractivity contribution < 1.29 is 9.53 Å². The molecule has 1 N–H and O–H groups in total. The molecule has 1 aliphatic carbocycles. The van der Waals surface area contributed by atoms with Crippen LogP contribution in [0.2, 0.25) is 0 Å². The number of amides is 1. The van der Waals surface area contributed by atoms with Gasteiger partial charge in [-0.1, -0.05) is 44.9 Å². The summed E-state index contributed by atoms with van der Waals surface area (Å²) in [6, 6.07) is 6.20. The Kier molecular flexibility index (Phi) is 6.70. The second kappa shape index (κ2) is 8.55. The van der Waals surface area contributed by atoms with E-state index in [1.54, 1.807) is 7.11 Å². The highest BCUT2D eigenvalue weighted by atomic mass is 16.5. The van der Waals surface area contributed by atoms with Gasteiger partial charge in [0, 0.05) is 12.5 Å². The van der Waals surface area contributed by atoms with E-state index in [0.717, 1.165) is 24.2 Å². The molecule has 1 saturated carbocycles. The van der Waals surface area contributed by atoms with Crippen LogP contribution in [0.15, 0.2) is 18.2 Å². The summed E-state index contributed by atoms with van der Waals surface area (Å²) in [5.41, 5.74) is 2.38. The molecule has 1 aromatic carbocycles. The summed E-state index contributed by atoms with van der Waals surface area (Å²) in [7, 11) is 1.70. The number of carbonyl (C=O) groups excluding carboxylic acids is 1. The van der Waals surface area contributed by atoms with Gasteiger partial charge in [-0.3, -0.25) is 4.79 Å². The van der Waals surface area contributed by atoms with Crippen LogP contribution in [0.5, 0.6) is 5.75 Å². The Labute approximate surface area is 147 Å². The van der Waals surface area contributed by atoms with Gasteiger partial charge in [-0.2, -0.15) is 0 Å². The first-order valence-corrected chi connectivity index (χ1v) is 9.33. The van der Waals surface area contributed by atoms with Crippen molar-refractivity contribution in [2.24, 2.45) is 23.7 Å². The van der Waals surface area contributed by atoms with Gasteiger partial charge in [0.2, 0.25) is 5.91 Å². The van der Waals surface area contributed by atoms with Crippen LogP contribution in [0.1, 0.15) is 51.2 Å². The highest BCUT2D eigenvalue weighted by Gasteiger charge is 2.35. The molecule has 0 radical (unpaired) electrons. The third-order valence-corrected chi connectivity index (χ3v) is 5.49. The number of rotatable bonds is 6. The monoisotopic (exact) mass is 331 g/mol. The summed E-state index contributed by atoms with van der Waals surface area (Å²) < 4.78 is 5.42. The number of benzene rings is 1. The van der Waals surface area contributed by atoms with E-state index in [0.29, 0.717) is 24.3 Å². The SMILES string of the molecule is COc1ccc(C)cc1CCNC(=O)[C@@H]1C[C@H](C)CC[C@H]1C(C)C. The van der Waals surface area contributed by atoms with Gasteiger partial charge in [0.05, 0.1) is 7.11 Å². The molecule has 0 heterocycles. The lowest BCUT2D eigenvalue weighted by Crippen LogP contribution is -2.40. The highest BCUT2D eigenvalue weighted by molar-refractivity contribution is 5.79. The number of nitrogens with one attached hydrogen (secondary N) is 1. The summed E-state index contributed by atoms with van der Waals surface area (Å²) in [4.78, 5) is 12.7. The molecule has 2 rings (SSSR count). The molecule has 0 bridgehead atoms. The zero-order valence-corrected chi connectivity index (χ0v) is 15.9. The molecular formula is C21H33NO2. The van der Waals surface area contributed by atoms with Gasteiger partial charge in [0.1, 0.15) is 5.75 Å². The van der Waals surface area contributed by atoms with Crippen LogP contribution in [-0.2, 0) is 11.2 Å². The minimum Gasteiger partial charge on any atom is -0.496 e. The molecule has 0 aromatic heterocycles. The number of hydrogen-bond donors (Lipinski definition) is 1. The zero-order chi connectivity index (χ0) is 17.7. The maximum atomic E-state index is 12.7. The number of ether oxygens (including phenoxy) is 1. The van der Waals surface area contributed by atoms with Crippen LogP contribution >= 0.6 is 0 Å². The average Bonchev–Trinajstić information content (AvgIpc) is 2.54. The summed E-state index contributed by atoms with van der Waals surface area (Å²) in [5, 5.41) is 3.18. The van der Waals surface area contributed by atoms with Crippen molar-refractivity contribution in [3.05, 3.63) is 29.3 Å². The van der Waals surface area contributed by atoms with Crippen molar-refractivity contribution in [1.29, 1.82) is 0 Å². The number of hydrogen-bond acceptors (Lipinski definition) is 2. The third-order valence-electron chi connectivity index (χ3n) is 5.49. The molecule has 134 valence electrons. The normalized spacial score (nSPS) is 24.0. The zero-order valence-electron chi connectivity index (χ0n) is 15.9. The van der Waals surface area contributed by atoms with Crippen LogP contribution < -0.4 is 10.1 Å². The maximum absolute atomic E-state index is 12.7. The molecule has 0 saturated heterocycles. The predicted octanol–water partition coefficient (Wildman–Crippen LogP) is 4.37. The summed E-state index contributed by atoms with van der Waals surface area (Å²) >= 11 is 0. The van der Waals surface area contributed by atoms with Crippen LogP contribution in [0.3, 0.4) is 0 Å². The second-order valence-corrected chi connectivity index (χ2v) is 7.79. The lowest BCUT2D eigenvalue weighted by molar-refractivity contribution is -0.129. The Bertz CT molecular complexity index is 553. The summed E-state index contributed by atoms with van der Waals surface area (Å²) in [6.07, 6.45) is 4.28. The largest absolute Gasteiger partial charge is 0.496 e. The first-order chi connectivity index (χ1) is 11.4. The molecule has 1 aromatic rings. The number of methoxy groups -OCH3 is 1. The molecule has 0 unspecified atom stereocenters. The minimum absolute atomic E-state index is 0.174. The van der Waals surface area contributed by atoms with Gasteiger partial charge in [0.25, 0.3) is 0 Å². The van der Waals surface area contributed by atoms with Gasteiger partial charge in [-0.25, -0.2) is 0 Å². The number of carbonyl (C=O) groups is 1. The molecule has 0 aliphatic heterocycles. The quantitative estimate of drug-likeness (QED) is 0.840.